The van der Waals surface area contributed by atoms with E-state index in [9.17, 15) is 0 Å². The van der Waals surface area contributed by atoms with Crippen LogP contribution >= 0.6 is 0 Å². The van der Waals surface area contributed by atoms with Crippen LogP contribution in [0.25, 0.3) is 5.65 Å². The van der Waals surface area contributed by atoms with Crippen molar-refractivity contribution in [3.63, 3.8) is 0 Å². The topological polar surface area (TPSA) is 46.6 Å². The van der Waals surface area contributed by atoms with Crippen LogP contribution in [0.3, 0.4) is 0 Å². The Bertz CT molecular complexity index is 556. The number of nitrogens with two attached hydrogens (primary N) is 1. The minimum absolute atomic E-state index is 0.0846. The summed E-state index contributed by atoms with van der Waals surface area (Å²) in [5.74, 6) is 1.04. The molecule has 0 aliphatic rings. The zero-order chi connectivity index (χ0) is 14.0. The third kappa shape index (κ3) is 2.45. The molecule has 4 heteroatoms. The van der Waals surface area contributed by atoms with Crippen molar-refractivity contribution >= 4 is 11.5 Å². The predicted octanol–water partition coefficient (Wildman–Crippen LogP) is 2.46. The molecule has 104 valence electrons. The van der Waals surface area contributed by atoms with Crippen molar-refractivity contribution in [1.29, 1.82) is 0 Å². The van der Waals surface area contributed by atoms with Crippen molar-refractivity contribution in [3.05, 3.63) is 30.1 Å². The average molecular weight is 260 g/mol. The lowest BCUT2D eigenvalue weighted by Crippen LogP contribution is -2.41. The van der Waals surface area contributed by atoms with E-state index in [-0.39, 0.29) is 5.54 Å². The molecule has 0 atom stereocenters. The molecule has 0 bridgehead atoms. The fourth-order valence-corrected chi connectivity index (χ4v) is 2.20. The number of nitrogens with zero attached hydrogens (tertiary/aromatic N) is 3. The number of imidazole rings is 1. The first-order chi connectivity index (χ1) is 9.01. The van der Waals surface area contributed by atoms with Gasteiger partial charge < -0.3 is 15.0 Å². The summed E-state index contributed by atoms with van der Waals surface area (Å²) in [6, 6.07) is 6.09. The second-order valence-corrected chi connectivity index (χ2v) is 5.57. The maximum Gasteiger partial charge on any atom is 0.151 e. The first kappa shape index (κ1) is 13.9. The smallest absolute Gasteiger partial charge is 0.151 e. The molecule has 4 nitrogen and oxygen atoms in total. The molecule has 2 aromatic heterocycles. The zero-order valence-corrected chi connectivity index (χ0v) is 12.3. The van der Waals surface area contributed by atoms with Crippen LogP contribution in [0.1, 0.15) is 32.9 Å². The number of anilines is 1. The highest BCUT2D eigenvalue weighted by Crippen LogP contribution is 2.28. The maximum atomic E-state index is 5.76. The van der Waals surface area contributed by atoms with E-state index < -0.39 is 0 Å². The quantitative estimate of drug-likeness (QED) is 0.898. The molecule has 0 saturated carbocycles. The lowest BCUT2D eigenvalue weighted by atomic mass is 10.00. The molecular formula is C15H24N4. The number of fused-ring (bicyclic) bond motifs is 1. The number of pyridine rings is 1. The fourth-order valence-electron chi connectivity index (χ4n) is 2.20. The number of hydrogen-bond donors (Lipinski definition) is 1. The molecular weight excluding hydrogens is 236 g/mol. The highest BCUT2D eigenvalue weighted by molar-refractivity contribution is 5.56. The Kier molecular flexibility index (Phi) is 3.80. The maximum absolute atomic E-state index is 5.76. The Labute approximate surface area is 115 Å². The van der Waals surface area contributed by atoms with Crippen molar-refractivity contribution in [2.24, 2.45) is 5.73 Å². The third-order valence-electron chi connectivity index (χ3n) is 4.08. The SMILES string of the molecule is CCC(C)(C)N(C)c1nc2ccccn2c1CCN. The van der Waals surface area contributed by atoms with Crippen LogP contribution in [-0.2, 0) is 6.42 Å². The average Bonchev–Trinajstić information content (AvgIpc) is 2.77. The van der Waals surface area contributed by atoms with Gasteiger partial charge >= 0.3 is 0 Å². The van der Waals surface area contributed by atoms with Crippen molar-refractivity contribution in [2.75, 3.05) is 18.5 Å². The van der Waals surface area contributed by atoms with Gasteiger partial charge in [0.1, 0.15) is 5.65 Å². The van der Waals surface area contributed by atoms with E-state index in [1.807, 2.05) is 18.2 Å². The van der Waals surface area contributed by atoms with Gasteiger partial charge in [-0.25, -0.2) is 4.98 Å². The van der Waals surface area contributed by atoms with E-state index in [0.717, 1.165) is 24.3 Å². The Morgan fingerprint density at radius 1 is 1.37 bits per heavy atom. The minimum atomic E-state index is 0.0846. The lowest BCUT2D eigenvalue weighted by molar-refractivity contribution is 0.466. The number of aromatic nitrogens is 2. The predicted molar refractivity (Wildman–Crippen MR) is 80.7 cm³/mol. The van der Waals surface area contributed by atoms with E-state index in [1.54, 1.807) is 0 Å². The summed E-state index contributed by atoms with van der Waals surface area (Å²) in [5, 5.41) is 0. The molecule has 0 aromatic carbocycles. The van der Waals surface area contributed by atoms with Crippen molar-refractivity contribution in [1.82, 2.24) is 9.38 Å². The molecule has 2 rings (SSSR count). The van der Waals surface area contributed by atoms with Crippen molar-refractivity contribution < 1.29 is 0 Å². The van der Waals surface area contributed by atoms with Crippen LogP contribution in [0.15, 0.2) is 24.4 Å². The Hall–Kier alpha value is -1.55. The molecule has 0 unspecified atom stereocenters. The molecule has 19 heavy (non-hydrogen) atoms. The second kappa shape index (κ2) is 5.21. The van der Waals surface area contributed by atoms with Gasteiger partial charge in [-0.2, -0.15) is 0 Å². The largest absolute Gasteiger partial charge is 0.353 e. The van der Waals surface area contributed by atoms with Gasteiger partial charge in [-0.1, -0.05) is 13.0 Å². The van der Waals surface area contributed by atoms with Gasteiger partial charge in [-0.15, -0.1) is 0 Å². The molecule has 2 aromatic rings. The van der Waals surface area contributed by atoms with Gasteiger partial charge in [0.25, 0.3) is 0 Å². The summed E-state index contributed by atoms with van der Waals surface area (Å²) in [5.41, 5.74) is 8.03. The normalized spacial score (nSPS) is 12.1. The van der Waals surface area contributed by atoms with Gasteiger partial charge in [0.2, 0.25) is 0 Å². The molecule has 0 fully saturated rings. The Balaban J connectivity index is 2.56. The molecule has 0 saturated heterocycles. The van der Waals surface area contributed by atoms with Crippen LogP contribution < -0.4 is 10.6 Å². The third-order valence-corrected chi connectivity index (χ3v) is 4.08. The summed E-state index contributed by atoms with van der Waals surface area (Å²) in [7, 11) is 2.12. The van der Waals surface area contributed by atoms with E-state index in [1.165, 1.54) is 5.69 Å². The van der Waals surface area contributed by atoms with Crippen LogP contribution in [0.5, 0.6) is 0 Å². The van der Waals surface area contributed by atoms with E-state index in [4.69, 9.17) is 10.7 Å². The number of hydrogen-bond acceptors (Lipinski definition) is 3. The highest BCUT2D eigenvalue weighted by Gasteiger charge is 2.26. The van der Waals surface area contributed by atoms with E-state index in [0.29, 0.717) is 6.54 Å². The van der Waals surface area contributed by atoms with Crippen molar-refractivity contribution in [2.45, 2.75) is 39.2 Å². The van der Waals surface area contributed by atoms with E-state index in [2.05, 4.69) is 43.3 Å². The molecule has 2 N–H and O–H groups in total. The molecule has 2 heterocycles. The van der Waals surface area contributed by atoms with Crippen LogP contribution in [0.2, 0.25) is 0 Å². The zero-order valence-electron chi connectivity index (χ0n) is 12.3. The minimum Gasteiger partial charge on any atom is -0.353 e. The summed E-state index contributed by atoms with van der Waals surface area (Å²) >= 11 is 0. The van der Waals surface area contributed by atoms with Crippen LogP contribution in [0, 0.1) is 0 Å². The molecule has 0 aliphatic carbocycles. The number of rotatable bonds is 5. The second-order valence-electron chi connectivity index (χ2n) is 5.57. The van der Waals surface area contributed by atoms with Crippen LogP contribution in [-0.4, -0.2) is 28.5 Å². The van der Waals surface area contributed by atoms with Crippen LogP contribution in [0.4, 0.5) is 5.82 Å². The Morgan fingerprint density at radius 2 is 2.11 bits per heavy atom. The first-order valence-corrected chi connectivity index (χ1v) is 6.91. The lowest BCUT2D eigenvalue weighted by Gasteiger charge is -2.35. The molecule has 0 amide bonds. The first-order valence-electron chi connectivity index (χ1n) is 6.91. The van der Waals surface area contributed by atoms with Gasteiger partial charge in [0.15, 0.2) is 5.82 Å². The standard InChI is InChI=1S/C15H24N4/c1-5-15(2,3)18(4)14-12(9-10-16)19-11-7-6-8-13(19)17-14/h6-8,11H,5,9-10,16H2,1-4H3. The molecule has 0 aliphatic heterocycles. The monoisotopic (exact) mass is 260 g/mol. The fraction of sp³-hybridized carbons (Fsp3) is 0.533. The summed E-state index contributed by atoms with van der Waals surface area (Å²) in [6.07, 6.45) is 3.97. The van der Waals surface area contributed by atoms with E-state index >= 15 is 0 Å². The van der Waals surface area contributed by atoms with Gasteiger partial charge in [-0.3, -0.25) is 0 Å². The van der Waals surface area contributed by atoms with Gasteiger partial charge in [0.05, 0.1) is 5.69 Å². The molecule has 0 spiro atoms. The van der Waals surface area contributed by atoms with Crippen molar-refractivity contribution in [3.8, 4) is 0 Å². The molecule has 0 radical (unpaired) electrons. The van der Waals surface area contributed by atoms with Gasteiger partial charge in [-0.05, 0) is 38.9 Å². The summed E-state index contributed by atoms with van der Waals surface area (Å²) < 4.78 is 2.14. The summed E-state index contributed by atoms with van der Waals surface area (Å²) in [4.78, 5) is 7.05. The van der Waals surface area contributed by atoms with Gasteiger partial charge in [0, 0.05) is 25.2 Å². The summed E-state index contributed by atoms with van der Waals surface area (Å²) in [6.45, 7) is 7.32. The highest BCUT2D eigenvalue weighted by atomic mass is 15.3. The Morgan fingerprint density at radius 3 is 2.74 bits per heavy atom.